The molecule has 1 aromatic carbocycles. The zero-order chi connectivity index (χ0) is 11.1. The van der Waals surface area contributed by atoms with Crippen LogP contribution in [0.3, 0.4) is 0 Å². The van der Waals surface area contributed by atoms with Gasteiger partial charge in [0.15, 0.2) is 0 Å². The van der Waals surface area contributed by atoms with Gasteiger partial charge in [-0.25, -0.2) is 4.79 Å². The normalized spacial score (nSPS) is 17.3. The van der Waals surface area contributed by atoms with Crippen molar-refractivity contribution >= 4 is 17.6 Å². The van der Waals surface area contributed by atoms with Gasteiger partial charge in [-0.2, -0.15) is 0 Å². The molecule has 0 N–H and O–H groups in total. The molecule has 3 heteroatoms. The summed E-state index contributed by atoms with van der Waals surface area (Å²) in [4.78, 5) is 11.6. The maximum atomic E-state index is 11.6. The molecule has 1 aromatic rings. The molecule has 15 heavy (non-hydrogen) atoms. The Morgan fingerprint density at radius 2 is 2.13 bits per heavy atom. The highest BCUT2D eigenvalue weighted by atomic mass is 35.5. The average Bonchev–Trinajstić information content (AvgIpc) is 2.96. The molecule has 0 saturated heterocycles. The number of carbonyl (C=O) groups is 1. The fourth-order valence-electron chi connectivity index (χ4n) is 1.79. The van der Waals surface area contributed by atoms with Gasteiger partial charge < -0.3 is 4.74 Å². The molecule has 0 heterocycles. The van der Waals surface area contributed by atoms with Crippen LogP contribution in [-0.2, 0) is 10.2 Å². The number of hydrogen-bond acceptors (Lipinski definition) is 2. The van der Waals surface area contributed by atoms with Crippen molar-refractivity contribution in [1.29, 1.82) is 0 Å². The third-order valence-electron chi connectivity index (χ3n) is 3.05. The Bertz CT molecular complexity index is 408. The summed E-state index contributed by atoms with van der Waals surface area (Å²) in [5, 5.41) is 0.479. The number of rotatable bonds is 2. The van der Waals surface area contributed by atoms with E-state index in [0.717, 1.165) is 18.4 Å². The molecule has 1 aliphatic carbocycles. The van der Waals surface area contributed by atoms with E-state index >= 15 is 0 Å². The Hall–Kier alpha value is -1.02. The van der Waals surface area contributed by atoms with Crippen LogP contribution in [0.2, 0.25) is 5.02 Å². The van der Waals surface area contributed by atoms with Crippen molar-refractivity contribution in [3.05, 3.63) is 34.3 Å². The predicted molar refractivity (Wildman–Crippen MR) is 59.4 cm³/mol. The van der Waals surface area contributed by atoms with Gasteiger partial charge in [-0.15, -0.1) is 0 Å². The van der Waals surface area contributed by atoms with Crippen LogP contribution in [-0.4, -0.2) is 13.1 Å². The lowest BCUT2D eigenvalue weighted by atomic mass is 9.93. The number of esters is 1. The summed E-state index contributed by atoms with van der Waals surface area (Å²) in [6, 6.07) is 5.57. The van der Waals surface area contributed by atoms with E-state index in [0.29, 0.717) is 10.6 Å². The van der Waals surface area contributed by atoms with Crippen LogP contribution in [0.15, 0.2) is 18.2 Å². The third-order valence-corrected chi connectivity index (χ3v) is 3.37. The monoisotopic (exact) mass is 224 g/mol. The summed E-state index contributed by atoms with van der Waals surface area (Å²) >= 11 is 6.04. The molecule has 1 aliphatic rings. The molecule has 0 spiro atoms. The van der Waals surface area contributed by atoms with Crippen molar-refractivity contribution in [3.8, 4) is 0 Å². The number of hydrogen-bond donors (Lipinski definition) is 0. The summed E-state index contributed by atoms with van der Waals surface area (Å²) in [6.45, 7) is 2.14. The van der Waals surface area contributed by atoms with E-state index in [9.17, 15) is 4.79 Å². The zero-order valence-electron chi connectivity index (χ0n) is 8.84. The van der Waals surface area contributed by atoms with Crippen molar-refractivity contribution < 1.29 is 9.53 Å². The Morgan fingerprint density at radius 3 is 2.67 bits per heavy atom. The van der Waals surface area contributed by atoms with Gasteiger partial charge >= 0.3 is 5.97 Å². The Kier molecular flexibility index (Phi) is 2.47. The molecular formula is C12H13ClO2. The molecule has 0 unspecified atom stereocenters. The van der Waals surface area contributed by atoms with Crippen LogP contribution in [0.4, 0.5) is 0 Å². The van der Waals surface area contributed by atoms with E-state index in [2.05, 4.69) is 6.92 Å². The van der Waals surface area contributed by atoms with Crippen LogP contribution in [0, 0.1) is 0 Å². The summed E-state index contributed by atoms with van der Waals surface area (Å²) in [6.07, 6.45) is 2.22. The predicted octanol–water partition coefficient (Wildman–Crippen LogP) is 3.18. The number of ether oxygens (including phenoxy) is 1. The topological polar surface area (TPSA) is 26.3 Å². The molecule has 0 aromatic heterocycles. The van der Waals surface area contributed by atoms with Gasteiger partial charge in [-0.3, -0.25) is 0 Å². The van der Waals surface area contributed by atoms with Gasteiger partial charge in [-0.05, 0) is 29.9 Å². The molecule has 1 fully saturated rings. The second-order valence-corrected chi connectivity index (χ2v) is 4.62. The number of carbonyl (C=O) groups excluding carboxylic acids is 1. The van der Waals surface area contributed by atoms with Crippen molar-refractivity contribution in [3.63, 3.8) is 0 Å². The lowest BCUT2D eigenvalue weighted by Gasteiger charge is -2.14. The fourth-order valence-corrected chi connectivity index (χ4v) is 2.05. The van der Waals surface area contributed by atoms with Crippen LogP contribution >= 0.6 is 11.6 Å². The molecule has 1 saturated carbocycles. The van der Waals surface area contributed by atoms with Gasteiger partial charge in [-0.1, -0.05) is 30.7 Å². The maximum absolute atomic E-state index is 11.6. The van der Waals surface area contributed by atoms with Crippen molar-refractivity contribution in [1.82, 2.24) is 0 Å². The van der Waals surface area contributed by atoms with Crippen molar-refractivity contribution in [2.24, 2.45) is 0 Å². The smallest absolute Gasteiger partial charge is 0.339 e. The molecule has 2 rings (SSSR count). The van der Waals surface area contributed by atoms with Gasteiger partial charge in [0.2, 0.25) is 0 Å². The molecule has 0 aliphatic heterocycles. The van der Waals surface area contributed by atoms with Gasteiger partial charge in [0.1, 0.15) is 0 Å². The first-order valence-corrected chi connectivity index (χ1v) is 5.33. The van der Waals surface area contributed by atoms with Crippen LogP contribution in [0.1, 0.15) is 35.7 Å². The van der Waals surface area contributed by atoms with Gasteiger partial charge in [0.05, 0.1) is 17.7 Å². The summed E-state index contributed by atoms with van der Waals surface area (Å²) in [5.41, 5.74) is 1.66. The SMILES string of the molecule is COC(=O)c1c(Cl)cccc1C1(C)CC1. The molecule has 2 nitrogen and oxygen atoms in total. The van der Waals surface area contributed by atoms with Crippen molar-refractivity contribution in [2.75, 3.05) is 7.11 Å². The first kappa shape index (κ1) is 10.5. The standard InChI is InChI=1S/C12H13ClO2/c1-12(6-7-12)8-4-3-5-9(13)10(8)11(14)15-2/h3-5H,6-7H2,1-2H3. The minimum Gasteiger partial charge on any atom is -0.465 e. The molecular weight excluding hydrogens is 212 g/mol. The molecule has 80 valence electrons. The van der Waals surface area contributed by atoms with E-state index < -0.39 is 0 Å². The summed E-state index contributed by atoms with van der Waals surface area (Å²) in [7, 11) is 1.38. The highest BCUT2D eigenvalue weighted by Crippen LogP contribution is 2.49. The second-order valence-electron chi connectivity index (χ2n) is 4.21. The zero-order valence-corrected chi connectivity index (χ0v) is 9.60. The lowest BCUT2D eigenvalue weighted by molar-refractivity contribution is 0.0599. The van der Waals surface area contributed by atoms with Gasteiger partial charge in [0, 0.05) is 0 Å². The van der Waals surface area contributed by atoms with E-state index in [1.807, 2.05) is 12.1 Å². The average molecular weight is 225 g/mol. The van der Waals surface area contributed by atoms with Gasteiger partial charge in [0.25, 0.3) is 0 Å². The summed E-state index contributed by atoms with van der Waals surface area (Å²) < 4.78 is 4.76. The fraction of sp³-hybridized carbons (Fsp3) is 0.417. The number of halogens is 1. The van der Waals surface area contributed by atoms with E-state index in [-0.39, 0.29) is 11.4 Å². The Morgan fingerprint density at radius 1 is 1.47 bits per heavy atom. The molecule has 0 radical (unpaired) electrons. The third kappa shape index (κ3) is 1.74. The Labute approximate surface area is 94.2 Å². The number of benzene rings is 1. The minimum atomic E-state index is -0.344. The van der Waals surface area contributed by atoms with Crippen LogP contribution < -0.4 is 0 Å². The molecule has 0 atom stereocenters. The summed E-state index contributed by atoms with van der Waals surface area (Å²) in [5.74, 6) is -0.344. The lowest BCUT2D eigenvalue weighted by Crippen LogP contribution is -2.12. The van der Waals surface area contributed by atoms with E-state index in [4.69, 9.17) is 16.3 Å². The quantitative estimate of drug-likeness (QED) is 0.722. The van der Waals surface area contributed by atoms with Crippen LogP contribution in [0.25, 0.3) is 0 Å². The van der Waals surface area contributed by atoms with Crippen molar-refractivity contribution in [2.45, 2.75) is 25.2 Å². The van der Waals surface area contributed by atoms with Crippen LogP contribution in [0.5, 0.6) is 0 Å². The largest absolute Gasteiger partial charge is 0.465 e. The highest BCUT2D eigenvalue weighted by molar-refractivity contribution is 6.33. The molecule has 0 bridgehead atoms. The van der Waals surface area contributed by atoms with E-state index in [1.54, 1.807) is 6.07 Å². The second kappa shape index (κ2) is 3.53. The Balaban J connectivity index is 2.54. The number of methoxy groups -OCH3 is 1. The van der Waals surface area contributed by atoms with E-state index in [1.165, 1.54) is 7.11 Å². The maximum Gasteiger partial charge on any atom is 0.339 e. The first-order chi connectivity index (χ1) is 7.08. The molecule has 0 amide bonds. The first-order valence-electron chi connectivity index (χ1n) is 4.96. The highest BCUT2D eigenvalue weighted by Gasteiger charge is 2.42. The minimum absolute atomic E-state index is 0.119.